The van der Waals surface area contributed by atoms with E-state index >= 15 is 0 Å². The molecule has 0 spiro atoms. The number of aliphatic hydroxyl groups is 1. The number of methoxy groups -OCH3 is 1. The van der Waals surface area contributed by atoms with Crippen LogP contribution in [0.3, 0.4) is 0 Å². The first-order valence-corrected chi connectivity index (χ1v) is 10.8. The third-order valence-electron chi connectivity index (χ3n) is 4.30. The molecule has 0 aliphatic carbocycles. The number of nitrogens with one attached hydrogen (secondary N) is 1. The van der Waals surface area contributed by atoms with E-state index in [0.29, 0.717) is 5.75 Å². The molecule has 3 atom stereocenters. The smallest absolute Gasteiger partial charge is 0.305 e. The Morgan fingerprint density at radius 2 is 1.96 bits per heavy atom. The molecule has 8 heteroatoms. The first-order chi connectivity index (χ1) is 13.0. The van der Waals surface area contributed by atoms with Gasteiger partial charge in [0.15, 0.2) is 0 Å². The highest BCUT2D eigenvalue weighted by molar-refractivity contribution is 9.10. The van der Waals surface area contributed by atoms with Crippen LogP contribution in [0.1, 0.15) is 45.2 Å². The van der Waals surface area contributed by atoms with Crippen LogP contribution in [0.5, 0.6) is 5.75 Å². The number of ether oxygens (including phenoxy) is 1. The van der Waals surface area contributed by atoms with E-state index in [0.717, 1.165) is 20.8 Å². The van der Waals surface area contributed by atoms with Crippen LogP contribution >= 0.6 is 15.9 Å². The van der Waals surface area contributed by atoms with E-state index < -0.39 is 34.2 Å². The fourth-order valence-electron chi connectivity index (χ4n) is 2.85. The molecule has 3 N–H and O–H groups in total. The number of hydrogen-bond acceptors (Lipinski definition) is 5. The average Bonchev–Trinajstić information content (AvgIpc) is 2.59. The zero-order valence-electron chi connectivity index (χ0n) is 16.4. The largest absolute Gasteiger partial charge is 0.598 e. The van der Waals surface area contributed by atoms with E-state index in [-0.39, 0.29) is 12.8 Å². The van der Waals surface area contributed by atoms with E-state index in [1.54, 1.807) is 7.11 Å². The summed E-state index contributed by atoms with van der Waals surface area (Å²) in [6, 6.07) is 8.93. The van der Waals surface area contributed by atoms with Gasteiger partial charge in [0.05, 0.1) is 25.7 Å². The predicted octanol–water partition coefficient (Wildman–Crippen LogP) is 3.93. The summed E-state index contributed by atoms with van der Waals surface area (Å²) in [4.78, 5) is 11.0. The van der Waals surface area contributed by atoms with Crippen molar-refractivity contribution < 1.29 is 24.3 Å². The van der Waals surface area contributed by atoms with Gasteiger partial charge in [-0.1, -0.05) is 22.0 Å². The molecule has 0 saturated heterocycles. The summed E-state index contributed by atoms with van der Waals surface area (Å²) in [5.74, 6) is -0.404. The number of benzene rings is 2. The molecule has 0 aliphatic heterocycles. The van der Waals surface area contributed by atoms with Crippen LogP contribution in [0.2, 0.25) is 0 Å². The summed E-state index contributed by atoms with van der Waals surface area (Å²) in [5, 5.41) is 21.1. The number of carboxylic acid groups (broad SMARTS) is 1. The molecule has 6 nitrogen and oxygen atoms in total. The van der Waals surface area contributed by atoms with Crippen LogP contribution in [-0.2, 0) is 16.2 Å². The minimum Gasteiger partial charge on any atom is -0.598 e. The highest BCUT2D eigenvalue weighted by Crippen LogP contribution is 2.35. The van der Waals surface area contributed by atoms with Crippen molar-refractivity contribution in [2.45, 2.75) is 50.5 Å². The van der Waals surface area contributed by atoms with Crippen molar-refractivity contribution in [1.82, 2.24) is 4.72 Å². The quantitative estimate of drug-likeness (QED) is 0.504. The Hall–Kier alpha value is -1.32. The Morgan fingerprint density at radius 3 is 2.54 bits per heavy atom. The van der Waals surface area contributed by atoms with Gasteiger partial charge in [-0.2, -0.15) is 0 Å². The van der Waals surface area contributed by atoms with Crippen LogP contribution < -0.4 is 9.46 Å². The minimum atomic E-state index is -1.40. The molecule has 2 aromatic carbocycles. The lowest BCUT2D eigenvalue weighted by molar-refractivity contribution is -0.139. The standard InChI is InChI=1S/C20H26BrNO5S/c1-20(2,3)28(26)22-18(9-12(23)10-19(24)25)15-7-8-17(21)14-6-5-13(27-4)11-16(14)15/h5-8,11-12,18,22-23H,9-10H2,1-4H3,(H,24,25)/t12-,18+,28?/m1/s1. The molecular weight excluding hydrogens is 446 g/mol. The summed E-state index contributed by atoms with van der Waals surface area (Å²) < 4.78 is 21.6. The Labute approximate surface area is 176 Å². The Bertz CT molecular complexity index is 839. The normalized spacial score (nSPS) is 15.2. The van der Waals surface area contributed by atoms with E-state index in [9.17, 15) is 14.5 Å². The van der Waals surface area contributed by atoms with Gasteiger partial charge in [0.25, 0.3) is 0 Å². The number of carboxylic acids is 1. The van der Waals surface area contributed by atoms with Crippen molar-refractivity contribution in [1.29, 1.82) is 0 Å². The molecule has 0 fully saturated rings. The van der Waals surface area contributed by atoms with Gasteiger partial charge in [0, 0.05) is 15.8 Å². The number of halogens is 1. The van der Waals surface area contributed by atoms with Crippen LogP contribution in [0.15, 0.2) is 34.8 Å². The second kappa shape index (κ2) is 9.45. The SMILES string of the molecule is COc1ccc2c(Br)ccc([C@H](C[C@@H](O)CC(=O)O)N[S+]([O-])C(C)(C)C)c2c1. The van der Waals surface area contributed by atoms with Crippen molar-refractivity contribution in [3.8, 4) is 5.75 Å². The van der Waals surface area contributed by atoms with Crippen molar-refractivity contribution in [2.24, 2.45) is 0 Å². The first-order valence-electron chi connectivity index (χ1n) is 8.87. The molecule has 28 heavy (non-hydrogen) atoms. The molecule has 2 rings (SSSR count). The van der Waals surface area contributed by atoms with E-state index in [1.807, 2.05) is 51.1 Å². The Morgan fingerprint density at radius 1 is 1.29 bits per heavy atom. The van der Waals surface area contributed by atoms with E-state index in [4.69, 9.17) is 9.84 Å². The van der Waals surface area contributed by atoms with Gasteiger partial charge in [-0.3, -0.25) is 4.79 Å². The maximum Gasteiger partial charge on any atom is 0.305 e. The fourth-order valence-corrected chi connectivity index (χ4v) is 4.16. The number of fused-ring (bicyclic) bond motifs is 1. The predicted molar refractivity (Wildman–Crippen MR) is 115 cm³/mol. The number of rotatable bonds is 8. The molecule has 154 valence electrons. The average molecular weight is 472 g/mol. The molecule has 0 aromatic heterocycles. The molecule has 0 radical (unpaired) electrons. The molecule has 0 heterocycles. The van der Waals surface area contributed by atoms with E-state index in [1.165, 1.54) is 0 Å². The molecule has 0 amide bonds. The third kappa shape index (κ3) is 5.84. The van der Waals surface area contributed by atoms with Gasteiger partial charge in [0.2, 0.25) is 0 Å². The summed E-state index contributed by atoms with van der Waals surface area (Å²) in [7, 11) is 1.58. The van der Waals surface area contributed by atoms with Crippen molar-refractivity contribution in [2.75, 3.05) is 7.11 Å². The maximum atomic E-state index is 12.7. The van der Waals surface area contributed by atoms with Gasteiger partial charge in [-0.05, 0) is 67.8 Å². The van der Waals surface area contributed by atoms with Crippen molar-refractivity contribution >= 4 is 44.0 Å². The fraction of sp³-hybridized carbons (Fsp3) is 0.450. The lowest BCUT2D eigenvalue weighted by Crippen LogP contribution is -2.42. The third-order valence-corrected chi connectivity index (χ3v) is 6.61. The van der Waals surface area contributed by atoms with Gasteiger partial charge in [-0.15, -0.1) is 4.72 Å². The summed E-state index contributed by atoms with van der Waals surface area (Å²) >= 11 is 2.14. The van der Waals surface area contributed by atoms with Gasteiger partial charge in [0.1, 0.15) is 10.5 Å². The lowest BCUT2D eigenvalue weighted by Gasteiger charge is -2.29. The molecule has 0 bridgehead atoms. The summed E-state index contributed by atoms with van der Waals surface area (Å²) in [6.07, 6.45) is -1.34. The van der Waals surface area contributed by atoms with Gasteiger partial charge >= 0.3 is 5.97 Å². The minimum absolute atomic E-state index is 0.113. The first kappa shape index (κ1) is 23.0. The van der Waals surface area contributed by atoms with Crippen molar-refractivity contribution in [3.63, 3.8) is 0 Å². The molecule has 0 saturated carbocycles. The lowest BCUT2D eigenvalue weighted by atomic mass is 9.94. The van der Waals surface area contributed by atoms with E-state index in [2.05, 4.69) is 20.7 Å². The zero-order valence-corrected chi connectivity index (χ0v) is 18.8. The zero-order chi connectivity index (χ0) is 21.1. The monoisotopic (exact) mass is 471 g/mol. The van der Waals surface area contributed by atoms with Crippen molar-refractivity contribution in [3.05, 3.63) is 40.4 Å². The summed E-state index contributed by atoms with van der Waals surface area (Å²) in [6.45, 7) is 5.55. The second-order valence-corrected chi connectivity index (χ2v) is 10.4. The van der Waals surface area contributed by atoms with Crippen LogP contribution in [0.4, 0.5) is 0 Å². The molecular formula is C20H26BrNO5S. The van der Waals surface area contributed by atoms with Crippen LogP contribution in [-0.4, -0.2) is 38.7 Å². The van der Waals surface area contributed by atoms with Crippen LogP contribution in [0.25, 0.3) is 10.8 Å². The Balaban J connectivity index is 2.52. The topological polar surface area (TPSA) is 102 Å². The molecule has 1 unspecified atom stereocenters. The molecule has 2 aromatic rings. The Kier molecular flexibility index (Phi) is 7.75. The number of carbonyl (C=O) groups is 1. The van der Waals surface area contributed by atoms with Crippen LogP contribution in [0, 0.1) is 0 Å². The summed E-state index contributed by atoms with van der Waals surface area (Å²) in [5.41, 5.74) is 0.819. The maximum absolute atomic E-state index is 12.7. The van der Waals surface area contributed by atoms with Gasteiger partial charge < -0.3 is 19.5 Å². The molecule has 0 aliphatic rings. The highest BCUT2D eigenvalue weighted by Gasteiger charge is 2.32. The van der Waals surface area contributed by atoms with Gasteiger partial charge in [-0.25, -0.2) is 0 Å². The highest BCUT2D eigenvalue weighted by atomic mass is 79.9. The number of hydrogen-bond donors (Lipinski definition) is 3. The number of aliphatic carboxylic acids is 1. The second-order valence-electron chi connectivity index (χ2n) is 7.59. The number of aliphatic hydroxyl groups excluding tert-OH is 1.